The standard InChI is InChI=1S/C37H38N2O7S/c1-37(2,3)24-45-31-18-14-26(15-19-31)32(22-25-8-10-28(11-9-25)35(40)38-20-21-47(42,43)44)36(41)39-30-16-12-27(13-17-30)34-23-29-6-4-5-7-33(29)46-34/h4-19,23,32H,20-22,24H2,1-3H3,(H,38,40)(H,39,41)(H,42,43,44)/p-1. The van der Waals surface area contributed by atoms with Crippen LogP contribution in [0, 0.1) is 5.41 Å². The highest BCUT2D eigenvalue weighted by Gasteiger charge is 2.22. The number of hydrogen-bond donors (Lipinski definition) is 2. The first-order valence-corrected chi connectivity index (χ1v) is 16.8. The molecule has 0 aliphatic heterocycles. The molecule has 0 aliphatic rings. The number of rotatable bonds is 12. The van der Waals surface area contributed by atoms with Crippen molar-refractivity contribution in [2.45, 2.75) is 33.1 Å². The van der Waals surface area contributed by atoms with E-state index in [1.807, 2.05) is 78.9 Å². The Bertz CT molecular complexity index is 1910. The Morgan fingerprint density at radius 2 is 1.57 bits per heavy atom. The zero-order valence-electron chi connectivity index (χ0n) is 26.5. The predicted octanol–water partition coefficient (Wildman–Crippen LogP) is 6.76. The number of benzene rings is 4. The highest BCUT2D eigenvalue weighted by Crippen LogP contribution is 2.30. The monoisotopic (exact) mass is 653 g/mol. The molecule has 0 fully saturated rings. The number of anilines is 1. The van der Waals surface area contributed by atoms with E-state index in [0.29, 0.717) is 30.0 Å². The van der Waals surface area contributed by atoms with Gasteiger partial charge in [0.25, 0.3) is 5.91 Å². The number of furan rings is 1. The summed E-state index contributed by atoms with van der Waals surface area (Å²) in [5.74, 6) is -0.496. The lowest BCUT2D eigenvalue weighted by molar-refractivity contribution is -0.117. The van der Waals surface area contributed by atoms with Crippen LogP contribution in [0.25, 0.3) is 22.3 Å². The number of carbonyl (C=O) groups is 2. The van der Waals surface area contributed by atoms with Crippen LogP contribution in [-0.4, -0.2) is 43.7 Å². The molecular weight excluding hydrogens is 616 g/mol. The third kappa shape index (κ3) is 9.54. The van der Waals surface area contributed by atoms with Gasteiger partial charge in [-0.05, 0) is 83.6 Å². The number of hydrogen-bond acceptors (Lipinski definition) is 7. The maximum Gasteiger partial charge on any atom is 0.251 e. The van der Waals surface area contributed by atoms with Gasteiger partial charge in [-0.2, -0.15) is 0 Å². The van der Waals surface area contributed by atoms with Gasteiger partial charge in [0.2, 0.25) is 5.91 Å². The average Bonchev–Trinajstić information content (AvgIpc) is 3.47. The molecule has 0 bridgehead atoms. The van der Waals surface area contributed by atoms with Crippen molar-refractivity contribution in [3.05, 3.63) is 120 Å². The molecule has 0 aliphatic carbocycles. The summed E-state index contributed by atoms with van der Waals surface area (Å²) in [5, 5.41) is 6.50. The molecule has 4 aromatic carbocycles. The minimum absolute atomic E-state index is 0.00212. The van der Waals surface area contributed by atoms with Crippen LogP contribution in [0.1, 0.15) is 48.2 Å². The molecule has 1 aromatic heterocycles. The molecule has 0 saturated heterocycles. The average molecular weight is 654 g/mol. The van der Waals surface area contributed by atoms with E-state index >= 15 is 0 Å². The quantitative estimate of drug-likeness (QED) is 0.142. The summed E-state index contributed by atoms with van der Waals surface area (Å²) in [7, 11) is -4.43. The van der Waals surface area contributed by atoms with E-state index in [9.17, 15) is 22.6 Å². The first-order chi connectivity index (χ1) is 22.3. The Morgan fingerprint density at radius 1 is 0.894 bits per heavy atom. The third-order valence-corrected chi connectivity index (χ3v) is 8.13. The Kier molecular flexibility index (Phi) is 10.1. The van der Waals surface area contributed by atoms with Crippen molar-refractivity contribution in [3.8, 4) is 17.1 Å². The number of amides is 2. The molecule has 1 atom stereocenters. The molecule has 2 amide bonds. The zero-order valence-corrected chi connectivity index (χ0v) is 27.3. The first-order valence-electron chi connectivity index (χ1n) is 15.3. The van der Waals surface area contributed by atoms with Gasteiger partial charge < -0.3 is 24.3 Å². The van der Waals surface area contributed by atoms with Crippen molar-refractivity contribution in [1.82, 2.24) is 5.32 Å². The number of para-hydroxylation sites is 1. The Balaban J connectivity index is 1.32. The summed E-state index contributed by atoms with van der Waals surface area (Å²) >= 11 is 0. The van der Waals surface area contributed by atoms with Gasteiger partial charge in [0.15, 0.2) is 0 Å². The summed E-state index contributed by atoms with van der Waals surface area (Å²) in [5.41, 5.74) is 4.25. The van der Waals surface area contributed by atoms with Gasteiger partial charge in [-0.15, -0.1) is 0 Å². The molecule has 5 rings (SSSR count). The lowest BCUT2D eigenvalue weighted by Gasteiger charge is -2.20. The molecular formula is C37H37N2O7S-. The largest absolute Gasteiger partial charge is 0.748 e. The fraction of sp³-hybridized carbons (Fsp3) is 0.243. The van der Waals surface area contributed by atoms with Gasteiger partial charge in [-0.3, -0.25) is 9.59 Å². The number of ether oxygens (including phenoxy) is 1. The van der Waals surface area contributed by atoms with E-state index in [1.165, 1.54) is 0 Å². The third-order valence-electron chi connectivity index (χ3n) is 7.43. The summed E-state index contributed by atoms with van der Waals surface area (Å²) in [6, 6.07) is 31.5. The van der Waals surface area contributed by atoms with Gasteiger partial charge in [0.1, 0.15) is 17.1 Å². The smallest absolute Gasteiger partial charge is 0.251 e. The first kappa shape index (κ1) is 33.4. The molecule has 0 radical (unpaired) electrons. The summed E-state index contributed by atoms with van der Waals surface area (Å²) < 4.78 is 44.4. The zero-order chi connectivity index (χ0) is 33.6. The summed E-state index contributed by atoms with van der Waals surface area (Å²) in [6.45, 7) is 6.56. The van der Waals surface area contributed by atoms with Crippen LogP contribution in [-0.2, 0) is 21.3 Å². The van der Waals surface area contributed by atoms with Crippen molar-refractivity contribution in [1.29, 1.82) is 0 Å². The molecule has 47 heavy (non-hydrogen) atoms. The molecule has 2 N–H and O–H groups in total. The second kappa shape index (κ2) is 14.2. The molecule has 5 aromatic rings. The van der Waals surface area contributed by atoms with Crippen LogP contribution >= 0.6 is 0 Å². The highest BCUT2D eigenvalue weighted by molar-refractivity contribution is 7.85. The lowest BCUT2D eigenvalue weighted by atomic mass is 9.90. The van der Waals surface area contributed by atoms with E-state index in [4.69, 9.17) is 9.15 Å². The van der Waals surface area contributed by atoms with Gasteiger partial charge in [-0.25, -0.2) is 8.42 Å². The van der Waals surface area contributed by atoms with Crippen LogP contribution in [0.15, 0.2) is 108 Å². The van der Waals surface area contributed by atoms with Gasteiger partial charge in [-0.1, -0.05) is 63.2 Å². The van der Waals surface area contributed by atoms with Crippen molar-refractivity contribution in [3.63, 3.8) is 0 Å². The second-order valence-corrected chi connectivity index (χ2v) is 14.1. The van der Waals surface area contributed by atoms with Crippen molar-refractivity contribution >= 4 is 38.6 Å². The van der Waals surface area contributed by atoms with Crippen molar-refractivity contribution in [2.24, 2.45) is 5.41 Å². The number of nitrogens with one attached hydrogen (secondary N) is 2. The Labute approximate surface area is 274 Å². The molecule has 244 valence electrons. The molecule has 9 nitrogen and oxygen atoms in total. The van der Waals surface area contributed by atoms with Crippen LogP contribution < -0.4 is 15.4 Å². The van der Waals surface area contributed by atoms with Crippen LogP contribution in [0.4, 0.5) is 5.69 Å². The lowest BCUT2D eigenvalue weighted by Crippen LogP contribution is -2.29. The minimum Gasteiger partial charge on any atom is -0.748 e. The van der Waals surface area contributed by atoms with Crippen LogP contribution in [0.3, 0.4) is 0 Å². The van der Waals surface area contributed by atoms with E-state index < -0.39 is 27.7 Å². The molecule has 1 heterocycles. The van der Waals surface area contributed by atoms with E-state index in [0.717, 1.165) is 33.4 Å². The number of carbonyl (C=O) groups excluding carboxylic acids is 2. The normalized spacial score (nSPS) is 12.4. The Morgan fingerprint density at radius 3 is 2.21 bits per heavy atom. The van der Waals surface area contributed by atoms with Gasteiger partial charge in [0, 0.05) is 28.7 Å². The highest BCUT2D eigenvalue weighted by atomic mass is 32.2. The summed E-state index contributed by atoms with van der Waals surface area (Å²) in [4.78, 5) is 26.2. The molecule has 1 unspecified atom stereocenters. The number of fused-ring (bicyclic) bond motifs is 1. The predicted molar refractivity (Wildman–Crippen MR) is 181 cm³/mol. The SMILES string of the molecule is CC(C)(C)COc1ccc(C(Cc2ccc(C(=O)NCCS(=O)(=O)[O-])cc2)C(=O)Nc2ccc(-c3cc4ccccc4o3)cc2)cc1. The second-order valence-electron chi connectivity index (χ2n) is 12.6. The maximum absolute atomic E-state index is 13.8. The topological polar surface area (TPSA) is 138 Å². The summed E-state index contributed by atoms with van der Waals surface area (Å²) in [6.07, 6.45) is 0.349. The van der Waals surface area contributed by atoms with Crippen LogP contribution in [0.2, 0.25) is 0 Å². The van der Waals surface area contributed by atoms with Gasteiger partial charge >= 0.3 is 0 Å². The van der Waals surface area contributed by atoms with E-state index in [1.54, 1.807) is 24.3 Å². The van der Waals surface area contributed by atoms with Gasteiger partial charge in [0.05, 0.1) is 28.4 Å². The maximum atomic E-state index is 13.8. The molecule has 0 spiro atoms. The van der Waals surface area contributed by atoms with E-state index in [2.05, 4.69) is 31.4 Å². The van der Waals surface area contributed by atoms with E-state index in [-0.39, 0.29) is 17.9 Å². The van der Waals surface area contributed by atoms with Crippen molar-refractivity contribution in [2.75, 3.05) is 24.2 Å². The van der Waals surface area contributed by atoms with Crippen LogP contribution in [0.5, 0.6) is 5.75 Å². The fourth-order valence-corrected chi connectivity index (χ4v) is 5.30. The minimum atomic E-state index is -4.43. The van der Waals surface area contributed by atoms with Crippen molar-refractivity contribution < 1.29 is 31.7 Å². The fourth-order valence-electron chi connectivity index (χ4n) is 4.95. The molecule has 0 saturated carbocycles. The Hall–Kier alpha value is -4.93. The molecule has 10 heteroatoms.